The first-order valence-corrected chi connectivity index (χ1v) is 8.49. The standard InChI is InChI=1S/C17H21N3O4S/c1-17(2,3)24-15(22)13-9-23-7-6-20(13)14(21)10-4-5-11-12(8-10)19-16(25)18-11/h4-5,8,13H,6-7,9H2,1-3H3,(H2,18,19,25). The van der Waals surface area contributed by atoms with Gasteiger partial charge in [-0.05, 0) is 51.2 Å². The number of hydrogen-bond acceptors (Lipinski definition) is 5. The first-order chi connectivity index (χ1) is 11.7. The van der Waals surface area contributed by atoms with Crippen LogP contribution in [0.3, 0.4) is 0 Å². The summed E-state index contributed by atoms with van der Waals surface area (Å²) in [7, 11) is 0. The molecule has 1 saturated heterocycles. The average Bonchev–Trinajstić information content (AvgIpc) is 2.91. The van der Waals surface area contributed by atoms with Crippen molar-refractivity contribution in [3.05, 3.63) is 28.5 Å². The van der Waals surface area contributed by atoms with E-state index >= 15 is 0 Å². The second kappa shape index (κ2) is 6.61. The Morgan fingerprint density at radius 1 is 1.28 bits per heavy atom. The van der Waals surface area contributed by atoms with Crippen molar-refractivity contribution in [2.24, 2.45) is 0 Å². The number of nitrogens with one attached hydrogen (secondary N) is 2. The topological polar surface area (TPSA) is 87.4 Å². The molecule has 1 aromatic carbocycles. The van der Waals surface area contributed by atoms with Crippen LogP contribution in [-0.4, -0.2) is 58.1 Å². The predicted molar refractivity (Wildman–Crippen MR) is 95.0 cm³/mol. The summed E-state index contributed by atoms with van der Waals surface area (Å²) in [6.07, 6.45) is 0. The number of ether oxygens (including phenoxy) is 2. The molecule has 1 unspecified atom stereocenters. The third kappa shape index (κ3) is 3.91. The molecule has 1 amide bonds. The molecular weight excluding hydrogens is 342 g/mol. The summed E-state index contributed by atoms with van der Waals surface area (Å²) < 4.78 is 11.3. The largest absolute Gasteiger partial charge is 0.458 e. The number of carbonyl (C=O) groups is 2. The van der Waals surface area contributed by atoms with Crippen LogP contribution in [-0.2, 0) is 14.3 Å². The number of fused-ring (bicyclic) bond motifs is 1. The number of esters is 1. The number of hydrogen-bond donors (Lipinski definition) is 2. The van der Waals surface area contributed by atoms with Crippen LogP contribution < -0.4 is 0 Å². The van der Waals surface area contributed by atoms with Crippen LogP contribution in [0.15, 0.2) is 18.2 Å². The minimum absolute atomic E-state index is 0.134. The summed E-state index contributed by atoms with van der Waals surface area (Å²) in [5.41, 5.74) is 1.43. The Morgan fingerprint density at radius 2 is 2.00 bits per heavy atom. The Balaban J connectivity index is 1.86. The van der Waals surface area contributed by atoms with Crippen molar-refractivity contribution in [3.63, 3.8) is 0 Å². The zero-order valence-electron chi connectivity index (χ0n) is 14.4. The molecule has 0 spiro atoms. The fraction of sp³-hybridized carbons (Fsp3) is 0.471. The number of benzene rings is 1. The van der Waals surface area contributed by atoms with Gasteiger partial charge in [-0.15, -0.1) is 0 Å². The molecule has 1 fully saturated rings. The van der Waals surface area contributed by atoms with Crippen LogP contribution in [0.25, 0.3) is 11.0 Å². The van der Waals surface area contributed by atoms with Crippen molar-refractivity contribution in [2.45, 2.75) is 32.4 Å². The van der Waals surface area contributed by atoms with Crippen molar-refractivity contribution in [1.29, 1.82) is 0 Å². The number of rotatable bonds is 2. The Bertz CT molecular complexity index is 865. The second-order valence-electron chi connectivity index (χ2n) is 6.96. The maximum absolute atomic E-state index is 12.9. The van der Waals surface area contributed by atoms with E-state index in [1.165, 1.54) is 4.90 Å². The van der Waals surface area contributed by atoms with E-state index < -0.39 is 17.6 Å². The van der Waals surface area contributed by atoms with Crippen LogP contribution in [0.4, 0.5) is 0 Å². The van der Waals surface area contributed by atoms with Gasteiger partial charge in [0.1, 0.15) is 5.60 Å². The molecule has 1 aromatic heterocycles. The summed E-state index contributed by atoms with van der Waals surface area (Å²) in [6, 6.07) is 4.48. The molecule has 1 atom stereocenters. The molecule has 2 aromatic rings. The van der Waals surface area contributed by atoms with Crippen LogP contribution in [0.1, 0.15) is 31.1 Å². The lowest BCUT2D eigenvalue weighted by Crippen LogP contribution is -2.54. The smallest absolute Gasteiger partial charge is 0.331 e. The van der Waals surface area contributed by atoms with E-state index in [1.807, 2.05) is 0 Å². The number of nitrogens with zero attached hydrogens (tertiary/aromatic N) is 1. The fourth-order valence-corrected chi connectivity index (χ4v) is 2.96. The van der Waals surface area contributed by atoms with Crippen molar-refractivity contribution in [3.8, 4) is 0 Å². The van der Waals surface area contributed by atoms with E-state index in [0.29, 0.717) is 23.5 Å². The molecule has 0 saturated carbocycles. The van der Waals surface area contributed by atoms with Crippen molar-refractivity contribution >= 4 is 35.1 Å². The van der Waals surface area contributed by atoms with Gasteiger partial charge in [0.05, 0.1) is 24.2 Å². The second-order valence-corrected chi connectivity index (χ2v) is 7.37. The summed E-state index contributed by atoms with van der Waals surface area (Å²) >= 11 is 5.07. The lowest BCUT2D eigenvalue weighted by Gasteiger charge is -2.35. The number of aromatic amines is 2. The van der Waals surface area contributed by atoms with Gasteiger partial charge in [0.2, 0.25) is 0 Å². The van der Waals surface area contributed by atoms with E-state index in [4.69, 9.17) is 21.7 Å². The quantitative estimate of drug-likeness (QED) is 0.632. The van der Waals surface area contributed by atoms with Gasteiger partial charge >= 0.3 is 5.97 Å². The normalized spacial score (nSPS) is 18.4. The maximum Gasteiger partial charge on any atom is 0.331 e. The third-order valence-electron chi connectivity index (χ3n) is 3.83. The first-order valence-electron chi connectivity index (χ1n) is 8.08. The monoisotopic (exact) mass is 363 g/mol. The van der Waals surface area contributed by atoms with E-state index in [9.17, 15) is 9.59 Å². The molecule has 134 valence electrons. The Hall–Kier alpha value is -2.19. The van der Waals surface area contributed by atoms with E-state index in [0.717, 1.165) is 11.0 Å². The zero-order valence-corrected chi connectivity index (χ0v) is 15.2. The molecular formula is C17H21N3O4S. The Morgan fingerprint density at radius 3 is 2.72 bits per heavy atom. The SMILES string of the molecule is CC(C)(C)OC(=O)C1COCCN1C(=O)c1ccc2[nH]c(=S)[nH]c2c1. The lowest BCUT2D eigenvalue weighted by atomic mass is 10.1. The maximum atomic E-state index is 12.9. The molecule has 0 radical (unpaired) electrons. The minimum atomic E-state index is -0.749. The minimum Gasteiger partial charge on any atom is -0.458 e. The Labute approximate surface area is 150 Å². The van der Waals surface area contributed by atoms with Gasteiger partial charge in [0, 0.05) is 12.1 Å². The summed E-state index contributed by atoms with van der Waals surface area (Å²) in [4.78, 5) is 32.9. The molecule has 3 rings (SSSR count). The lowest BCUT2D eigenvalue weighted by molar-refractivity contribution is -0.165. The summed E-state index contributed by atoms with van der Waals surface area (Å²) in [6.45, 7) is 6.24. The van der Waals surface area contributed by atoms with Crippen LogP contribution in [0.5, 0.6) is 0 Å². The molecule has 1 aliphatic heterocycles. The highest BCUT2D eigenvalue weighted by atomic mass is 32.1. The van der Waals surface area contributed by atoms with Crippen molar-refractivity contribution in [2.75, 3.05) is 19.8 Å². The predicted octanol–water partition coefficient (Wildman–Crippen LogP) is 2.41. The average molecular weight is 363 g/mol. The zero-order chi connectivity index (χ0) is 18.2. The highest BCUT2D eigenvalue weighted by Crippen LogP contribution is 2.19. The van der Waals surface area contributed by atoms with Crippen LogP contribution in [0, 0.1) is 4.77 Å². The van der Waals surface area contributed by atoms with Crippen LogP contribution >= 0.6 is 12.2 Å². The third-order valence-corrected chi connectivity index (χ3v) is 4.04. The molecule has 8 heteroatoms. The van der Waals surface area contributed by atoms with Crippen molar-refractivity contribution < 1.29 is 19.1 Å². The molecule has 1 aliphatic rings. The highest BCUT2D eigenvalue weighted by molar-refractivity contribution is 7.71. The number of morpholine rings is 1. The molecule has 2 N–H and O–H groups in total. The molecule has 0 bridgehead atoms. The number of amides is 1. The number of aromatic nitrogens is 2. The van der Waals surface area contributed by atoms with Crippen molar-refractivity contribution in [1.82, 2.24) is 14.9 Å². The van der Waals surface area contributed by atoms with E-state index in [1.54, 1.807) is 39.0 Å². The molecule has 0 aliphatic carbocycles. The van der Waals surface area contributed by atoms with E-state index in [-0.39, 0.29) is 12.5 Å². The van der Waals surface area contributed by atoms with Gasteiger partial charge in [0.15, 0.2) is 10.8 Å². The first kappa shape index (κ1) is 17.6. The van der Waals surface area contributed by atoms with Gasteiger partial charge in [-0.2, -0.15) is 0 Å². The fourth-order valence-electron chi connectivity index (χ4n) is 2.74. The van der Waals surface area contributed by atoms with Gasteiger partial charge in [-0.25, -0.2) is 4.79 Å². The molecule has 2 heterocycles. The van der Waals surface area contributed by atoms with Gasteiger partial charge in [-0.3, -0.25) is 4.79 Å². The highest BCUT2D eigenvalue weighted by Gasteiger charge is 2.36. The van der Waals surface area contributed by atoms with Crippen LogP contribution in [0.2, 0.25) is 0 Å². The number of carbonyl (C=O) groups excluding carboxylic acids is 2. The van der Waals surface area contributed by atoms with Gasteiger partial charge in [-0.1, -0.05) is 0 Å². The number of H-pyrrole nitrogens is 2. The van der Waals surface area contributed by atoms with Gasteiger partial charge < -0.3 is 24.3 Å². The summed E-state index contributed by atoms with van der Waals surface area (Å²) in [5.74, 6) is -0.691. The summed E-state index contributed by atoms with van der Waals surface area (Å²) in [5, 5.41) is 0. The Kier molecular flexibility index (Phi) is 4.66. The number of imidazole rings is 1. The molecule has 25 heavy (non-hydrogen) atoms. The van der Waals surface area contributed by atoms with E-state index in [2.05, 4.69) is 9.97 Å². The molecule has 7 nitrogen and oxygen atoms in total. The van der Waals surface area contributed by atoms with Gasteiger partial charge in [0.25, 0.3) is 5.91 Å².